The lowest BCUT2D eigenvalue weighted by atomic mass is 9.87. The molecule has 0 aliphatic carbocycles. The standard InChI is InChI=1S/C17H16FNO/c1-17(2,3)12-7-9-13(10-8-12)20-16-6-4-5-15(18)14(16)11-19/h4-10H,1-3H3. The summed E-state index contributed by atoms with van der Waals surface area (Å²) in [4.78, 5) is 0. The van der Waals surface area contributed by atoms with E-state index in [-0.39, 0.29) is 16.7 Å². The molecule has 0 unspecified atom stereocenters. The smallest absolute Gasteiger partial charge is 0.148 e. The lowest BCUT2D eigenvalue weighted by Gasteiger charge is -2.19. The van der Waals surface area contributed by atoms with E-state index in [9.17, 15) is 4.39 Å². The Morgan fingerprint density at radius 1 is 1.05 bits per heavy atom. The molecule has 2 aromatic carbocycles. The Labute approximate surface area is 118 Å². The minimum Gasteiger partial charge on any atom is -0.456 e. The van der Waals surface area contributed by atoms with E-state index in [2.05, 4.69) is 20.8 Å². The van der Waals surface area contributed by atoms with Crippen LogP contribution in [-0.2, 0) is 5.41 Å². The number of rotatable bonds is 2. The van der Waals surface area contributed by atoms with Gasteiger partial charge >= 0.3 is 0 Å². The molecule has 2 aromatic rings. The Bertz CT molecular complexity index is 648. The van der Waals surface area contributed by atoms with Gasteiger partial charge in [0.25, 0.3) is 0 Å². The molecule has 0 spiro atoms. The second-order valence-electron chi connectivity index (χ2n) is 5.60. The first kappa shape index (κ1) is 14.1. The minimum atomic E-state index is -0.573. The molecule has 102 valence electrons. The maximum absolute atomic E-state index is 13.5. The van der Waals surface area contributed by atoms with Crippen LogP contribution in [0.1, 0.15) is 31.9 Å². The third-order valence-corrected chi connectivity index (χ3v) is 3.04. The van der Waals surface area contributed by atoms with E-state index in [1.54, 1.807) is 6.07 Å². The molecule has 0 atom stereocenters. The summed E-state index contributed by atoms with van der Waals surface area (Å²) in [5, 5.41) is 8.96. The van der Waals surface area contributed by atoms with Crippen molar-refractivity contribution in [2.75, 3.05) is 0 Å². The molecule has 0 N–H and O–H groups in total. The van der Waals surface area contributed by atoms with Gasteiger partial charge in [-0.3, -0.25) is 0 Å². The van der Waals surface area contributed by atoms with Crippen LogP contribution in [0.3, 0.4) is 0 Å². The summed E-state index contributed by atoms with van der Waals surface area (Å²) in [5.41, 5.74) is 1.17. The van der Waals surface area contributed by atoms with Gasteiger partial charge in [-0.05, 0) is 35.2 Å². The molecular formula is C17H16FNO. The topological polar surface area (TPSA) is 33.0 Å². The van der Waals surface area contributed by atoms with Crippen LogP contribution in [-0.4, -0.2) is 0 Å². The van der Waals surface area contributed by atoms with Crippen molar-refractivity contribution in [3.05, 3.63) is 59.4 Å². The van der Waals surface area contributed by atoms with Gasteiger partial charge in [0.15, 0.2) is 0 Å². The van der Waals surface area contributed by atoms with Crippen LogP contribution >= 0.6 is 0 Å². The zero-order valence-corrected chi connectivity index (χ0v) is 11.8. The highest BCUT2D eigenvalue weighted by molar-refractivity contribution is 5.46. The van der Waals surface area contributed by atoms with Crippen molar-refractivity contribution in [2.45, 2.75) is 26.2 Å². The van der Waals surface area contributed by atoms with E-state index in [1.165, 1.54) is 17.7 Å². The number of halogens is 1. The van der Waals surface area contributed by atoms with Crippen molar-refractivity contribution in [3.8, 4) is 17.6 Å². The summed E-state index contributed by atoms with van der Waals surface area (Å²) in [6.45, 7) is 6.38. The van der Waals surface area contributed by atoms with Gasteiger partial charge in [0.05, 0.1) is 0 Å². The second kappa shape index (κ2) is 5.34. The summed E-state index contributed by atoms with van der Waals surface area (Å²) in [6.07, 6.45) is 0. The minimum absolute atomic E-state index is 0.0647. The molecule has 0 fully saturated rings. The van der Waals surface area contributed by atoms with Crippen molar-refractivity contribution in [1.82, 2.24) is 0 Å². The molecule has 0 aliphatic rings. The molecule has 0 aliphatic heterocycles. The molecule has 0 saturated heterocycles. The Balaban J connectivity index is 2.28. The summed E-state index contributed by atoms with van der Waals surface area (Å²) in [5.74, 6) is 0.243. The fourth-order valence-electron chi connectivity index (χ4n) is 1.85. The number of nitrogens with zero attached hydrogens (tertiary/aromatic N) is 1. The van der Waals surface area contributed by atoms with Gasteiger partial charge in [0, 0.05) is 0 Å². The average molecular weight is 269 g/mol. The fraction of sp³-hybridized carbons (Fsp3) is 0.235. The number of benzene rings is 2. The van der Waals surface area contributed by atoms with Crippen molar-refractivity contribution in [3.63, 3.8) is 0 Å². The molecule has 0 heterocycles. The van der Waals surface area contributed by atoms with Crippen LogP contribution in [0.5, 0.6) is 11.5 Å². The summed E-state index contributed by atoms with van der Waals surface area (Å²) in [6, 6.07) is 13.8. The highest BCUT2D eigenvalue weighted by Crippen LogP contribution is 2.29. The van der Waals surface area contributed by atoms with E-state index in [4.69, 9.17) is 10.00 Å². The molecule has 2 rings (SSSR count). The molecule has 0 radical (unpaired) electrons. The molecule has 0 bridgehead atoms. The molecule has 20 heavy (non-hydrogen) atoms. The monoisotopic (exact) mass is 269 g/mol. The van der Waals surface area contributed by atoms with Crippen molar-refractivity contribution in [1.29, 1.82) is 5.26 Å². The van der Waals surface area contributed by atoms with Crippen LogP contribution < -0.4 is 4.74 Å². The van der Waals surface area contributed by atoms with Gasteiger partial charge in [-0.2, -0.15) is 5.26 Å². The van der Waals surface area contributed by atoms with Crippen LogP contribution in [0, 0.1) is 17.1 Å². The predicted molar refractivity (Wildman–Crippen MR) is 76.3 cm³/mol. The number of hydrogen-bond acceptors (Lipinski definition) is 2. The van der Waals surface area contributed by atoms with Gasteiger partial charge in [0.2, 0.25) is 0 Å². The SMILES string of the molecule is CC(C)(C)c1ccc(Oc2cccc(F)c2C#N)cc1. The van der Waals surface area contributed by atoms with Crippen molar-refractivity contribution < 1.29 is 9.13 Å². The van der Waals surface area contributed by atoms with Gasteiger partial charge in [0.1, 0.15) is 28.9 Å². The van der Waals surface area contributed by atoms with E-state index in [0.717, 1.165) is 0 Å². The lowest BCUT2D eigenvalue weighted by Crippen LogP contribution is -2.10. The molecule has 2 nitrogen and oxygen atoms in total. The third-order valence-electron chi connectivity index (χ3n) is 3.04. The predicted octanol–water partition coefficient (Wildman–Crippen LogP) is 4.79. The molecule has 0 saturated carbocycles. The Morgan fingerprint density at radius 2 is 1.70 bits per heavy atom. The van der Waals surface area contributed by atoms with Crippen LogP contribution in [0.2, 0.25) is 0 Å². The number of nitriles is 1. The Kier molecular flexibility index (Phi) is 3.76. The highest BCUT2D eigenvalue weighted by Gasteiger charge is 2.14. The van der Waals surface area contributed by atoms with Crippen molar-refractivity contribution >= 4 is 0 Å². The quantitative estimate of drug-likeness (QED) is 0.785. The zero-order valence-electron chi connectivity index (χ0n) is 11.8. The molecule has 0 aromatic heterocycles. The van der Waals surface area contributed by atoms with Gasteiger partial charge in [-0.25, -0.2) is 4.39 Å². The number of ether oxygens (including phenoxy) is 1. The van der Waals surface area contributed by atoms with E-state index in [1.807, 2.05) is 30.3 Å². The first-order valence-electron chi connectivity index (χ1n) is 6.39. The average Bonchev–Trinajstić information content (AvgIpc) is 2.38. The second-order valence-corrected chi connectivity index (χ2v) is 5.60. The maximum Gasteiger partial charge on any atom is 0.148 e. The Morgan fingerprint density at radius 3 is 2.25 bits per heavy atom. The zero-order chi connectivity index (χ0) is 14.8. The first-order chi connectivity index (χ1) is 9.41. The van der Waals surface area contributed by atoms with E-state index in [0.29, 0.717) is 5.75 Å². The Hall–Kier alpha value is -2.34. The van der Waals surface area contributed by atoms with E-state index >= 15 is 0 Å². The first-order valence-corrected chi connectivity index (χ1v) is 6.39. The van der Waals surface area contributed by atoms with Gasteiger partial charge in [-0.1, -0.05) is 39.0 Å². The third kappa shape index (κ3) is 2.97. The summed E-state index contributed by atoms with van der Waals surface area (Å²) in [7, 11) is 0. The summed E-state index contributed by atoms with van der Waals surface area (Å²) < 4.78 is 19.1. The van der Waals surface area contributed by atoms with E-state index < -0.39 is 5.82 Å². The fourth-order valence-corrected chi connectivity index (χ4v) is 1.85. The summed E-state index contributed by atoms with van der Waals surface area (Å²) >= 11 is 0. The molecular weight excluding hydrogens is 253 g/mol. The highest BCUT2D eigenvalue weighted by atomic mass is 19.1. The van der Waals surface area contributed by atoms with Crippen molar-refractivity contribution in [2.24, 2.45) is 0 Å². The van der Waals surface area contributed by atoms with Crippen LogP contribution in [0.4, 0.5) is 4.39 Å². The van der Waals surface area contributed by atoms with Gasteiger partial charge < -0.3 is 4.74 Å². The lowest BCUT2D eigenvalue weighted by molar-refractivity contribution is 0.473. The molecule has 0 amide bonds. The van der Waals surface area contributed by atoms with Crippen LogP contribution in [0.25, 0.3) is 0 Å². The maximum atomic E-state index is 13.5. The van der Waals surface area contributed by atoms with Crippen LogP contribution in [0.15, 0.2) is 42.5 Å². The largest absolute Gasteiger partial charge is 0.456 e. The van der Waals surface area contributed by atoms with Gasteiger partial charge in [-0.15, -0.1) is 0 Å². The normalized spacial score (nSPS) is 10.9. The number of hydrogen-bond donors (Lipinski definition) is 0. The molecule has 3 heteroatoms.